The molecule has 1 spiro atoms. The average Bonchev–Trinajstić information content (AvgIpc) is 2.55. The molecule has 2 saturated carbocycles. The number of nitrogen functional groups attached to an aromatic ring is 1. The summed E-state index contributed by atoms with van der Waals surface area (Å²) in [6, 6.07) is 7.48. The van der Waals surface area contributed by atoms with Crippen LogP contribution in [-0.2, 0) is 4.74 Å². The monoisotopic (exact) mass is 302 g/mol. The predicted octanol–water partition coefficient (Wildman–Crippen LogP) is 3.13. The molecule has 0 bridgehead atoms. The predicted molar refractivity (Wildman–Crippen MR) is 87.7 cm³/mol. The maximum absolute atomic E-state index is 12.5. The largest absolute Gasteiger partial charge is 0.398 e. The first-order chi connectivity index (χ1) is 10.7. The number of benzene rings is 1. The second-order valence-corrected chi connectivity index (χ2v) is 6.59. The van der Waals surface area contributed by atoms with Gasteiger partial charge >= 0.3 is 0 Å². The molecule has 2 aliphatic carbocycles. The van der Waals surface area contributed by atoms with Gasteiger partial charge < -0.3 is 15.8 Å². The average molecular weight is 302 g/mol. The van der Waals surface area contributed by atoms with Crippen molar-refractivity contribution < 1.29 is 9.53 Å². The van der Waals surface area contributed by atoms with Crippen molar-refractivity contribution in [2.75, 3.05) is 12.3 Å². The molecule has 0 aromatic heterocycles. The van der Waals surface area contributed by atoms with Crippen molar-refractivity contribution in [2.24, 2.45) is 5.41 Å². The molecule has 2 unspecified atom stereocenters. The lowest BCUT2D eigenvalue weighted by atomic mass is 9.55. The van der Waals surface area contributed by atoms with Crippen molar-refractivity contribution in [1.29, 1.82) is 0 Å². The van der Waals surface area contributed by atoms with Crippen LogP contribution in [0.4, 0.5) is 5.69 Å². The number of carbonyl (C=O) groups excluding carboxylic acids is 1. The summed E-state index contributed by atoms with van der Waals surface area (Å²) in [4.78, 5) is 12.5. The highest BCUT2D eigenvalue weighted by Gasteiger charge is 2.56. The number of para-hydroxylation sites is 1. The fraction of sp³-hybridized carbons (Fsp3) is 0.611. The minimum atomic E-state index is -0.0528. The molecule has 0 saturated heterocycles. The van der Waals surface area contributed by atoms with E-state index >= 15 is 0 Å². The van der Waals surface area contributed by atoms with Gasteiger partial charge in [0, 0.05) is 23.8 Å². The number of nitrogens with one attached hydrogen (secondary N) is 1. The number of rotatable bonds is 4. The summed E-state index contributed by atoms with van der Waals surface area (Å²) in [5, 5.41) is 3.22. The topological polar surface area (TPSA) is 64.3 Å². The van der Waals surface area contributed by atoms with Gasteiger partial charge in [0.15, 0.2) is 0 Å². The van der Waals surface area contributed by atoms with Crippen LogP contribution in [0.15, 0.2) is 24.3 Å². The van der Waals surface area contributed by atoms with E-state index in [4.69, 9.17) is 10.5 Å². The molecule has 4 nitrogen and oxygen atoms in total. The molecule has 2 aliphatic rings. The molecule has 2 fully saturated rings. The summed E-state index contributed by atoms with van der Waals surface area (Å²) in [6.45, 7) is 2.80. The highest BCUT2D eigenvalue weighted by molar-refractivity contribution is 5.99. The second kappa shape index (κ2) is 6.29. The van der Waals surface area contributed by atoms with Crippen LogP contribution in [0, 0.1) is 5.41 Å². The SMILES string of the molecule is CCOC1CC(NC(=O)c2ccccc2N)C12CCCCC2. The van der Waals surface area contributed by atoms with Gasteiger partial charge in [-0.1, -0.05) is 31.4 Å². The number of amides is 1. The fourth-order valence-electron chi connectivity index (χ4n) is 4.21. The van der Waals surface area contributed by atoms with Gasteiger partial charge in [0.2, 0.25) is 0 Å². The van der Waals surface area contributed by atoms with Crippen molar-refractivity contribution in [1.82, 2.24) is 5.32 Å². The molecular formula is C18H26N2O2. The molecule has 3 N–H and O–H groups in total. The van der Waals surface area contributed by atoms with E-state index in [1.165, 1.54) is 19.3 Å². The molecule has 2 atom stereocenters. The van der Waals surface area contributed by atoms with Gasteiger partial charge in [-0.2, -0.15) is 0 Å². The van der Waals surface area contributed by atoms with E-state index in [1.54, 1.807) is 12.1 Å². The Morgan fingerprint density at radius 3 is 2.73 bits per heavy atom. The molecule has 4 heteroatoms. The summed E-state index contributed by atoms with van der Waals surface area (Å²) in [6.07, 6.45) is 7.32. The first-order valence-corrected chi connectivity index (χ1v) is 8.44. The fourth-order valence-corrected chi connectivity index (χ4v) is 4.21. The lowest BCUT2D eigenvalue weighted by molar-refractivity contribution is -0.146. The highest BCUT2D eigenvalue weighted by atomic mass is 16.5. The van der Waals surface area contributed by atoms with Crippen LogP contribution in [0.3, 0.4) is 0 Å². The Hall–Kier alpha value is -1.55. The number of anilines is 1. The van der Waals surface area contributed by atoms with Crippen molar-refractivity contribution in [2.45, 2.75) is 57.6 Å². The maximum Gasteiger partial charge on any atom is 0.253 e. The molecule has 120 valence electrons. The third-order valence-electron chi connectivity index (χ3n) is 5.45. The third kappa shape index (κ3) is 2.60. The second-order valence-electron chi connectivity index (χ2n) is 6.59. The van der Waals surface area contributed by atoms with E-state index in [0.717, 1.165) is 25.9 Å². The van der Waals surface area contributed by atoms with E-state index in [0.29, 0.717) is 17.4 Å². The normalized spacial score (nSPS) is 26.4. The van der Waals surface area contributed by atoms with Crippen LogP contribution in [0.2, 0.25) is 0 Å². The first-order valence-electron chi connectivity index (χ1n) is 8.44. The van der Waals surface area contributed by atoms with Gasteiger partial charge in [0.05, 0.1) is 11.7 Å². The summed E-state index contributed by atoms with van der Waals surface area (Å²) in [5.74, 6) is -0.0528. The lowest BCUT2D eigenvalue weighted by Gasteiger charge is -2.57. The molecule has 0 heterocycles. The Bertz CT molecular complexity index is 538. The number of hydrogen-bond donors (Lipinski definition) is 2. The summed E-state index contributed by atoms with van der Waals surface area (Å²) < 4.78 is 5.94. The molecular weight excluding hydrogens is 276 g/mol. The molecule has 22 heavy (non-hydrogen) atoms. The number of nitrogens with two attached hydrogens (primary N) is 1. The zero-order valence-electron chi connectivity index (χ0n) is 13.3. The molecule has 0 aliphatic heterocycles. The molecule has 1 amide bonds. The molecule has 3 rings (SSSR count). The summed E-state index contributed by atoms with van der Waals surface area (Å²) in [5.41, 5.74) is 7.18. The first kappa shape index (κ1) is 15.3. The van der Waals surface area contributed by atoms with Crippen LogP contribution in [0.25, 0.3) is 0 Å². The quantitative estimate of drug-likeness (QED) is 0.840. The Balaban J connectivity index is 1.72. The summed E-state index contributed by atoms with van der Waals surface area (Å²) >= 11 is 0. The smallest absolute Gasteiger partial charge is 0.253 e. The van der Waals surface area contributed by atoms with E-state index in [2.05, 4.69) is 5.32 Å². The standard InChI is InChI=1S/C18H26N2O2/c1-2-22-16-12-15(18(16)10-6-3-7-11-18)20-17(21)13-8-4-5-9-14(13)19/h4-5,8-9,15-16H,2-3,6-7,10-12,19H2,1H3,(H,20,21). The molecule has 1 aromatic carbocycles. The van der Waals surface area contributed by atoms with Gasteiger partial charge in [-0.15, -0.1) is 0 Å². The zero-order valence-corrected chi connectivity index (χ0v) is 13.3. The van der Waals surface area contributed by atoms with Crippen LogP contribution in [0.1, 0.15) is 55.8 Å². The highest BCUT2D eigenvalue weighted by Crippen LogP contribution is 2.53. The molecule has 1 aromatic rings. The van der Waals surface area contributed by atoms with Crippen LogP contribution < -0.4 is 11.1 Å². The number of hydrogen-bond acceptors (Lipinski definition) is 3. The van der Waals surface area contributed by atoms with Gasteiger partial charge in [0.25, 0.3) is 5.91 Å². The van der Waals surface area contributed by atoms with Gasteiger partial charge in [0.1, 0.15) is 0 Å². The zero-order chi connectivity index (χ0) is 15.6. The van der Waals surface area contributed by atoms with Gasteiger partial charge in [-0.25, -0.2) is 0 Å². The van der Waals surface area contributed by atoms with Gasteiger partial charge in [-0.05, 0) is 38.3 Å². The summed E-state index contributed by atoms with van der Waals surface area (Å²) in [7, 11) is 0. The Morgan fingerprint density at radius 1 is 1.32 bits per heavy atom. The van der Waals surface area contributed by atoms with Crippen LogP contribution >= 0.6 is 0 Å². The van der Waals surface area contributed by atoms with Crippen molar-refractivity contribution >= 4 is 11.6 Å². The van der Waals surface area contributed by atoms with Crippen molar-refractivity contribution in [3.8, 4) is 0 Å². The molecule has 0 radical (unpaired) electrons. The minimum Gasteiger partial charge on any atom is -0.398 e. The van der Waals surface area contributed by atoms with Crippen molar-refractivity contribution in [3.63, 3.8) is 0 Å². The minimum absolute atomic E-state index is 0.0528. The Morgan fingerprint density at radius 2 is 2.05 bits per heavy atom. The van der Waals surface area contributed by atoms with E-state index in [-0.39, 0.29) is 17.4 Å². The van der Waals surface area contributed by atoms with Gasteiger partial charge in [-0.3, -0.25) is 4.79 Å². The lowest BCUT2D eigenvalue weighted by Crippen LogP contribution is -2.65. The Kier molecular flexibility index (Phi) is 4.39. The van der Waals surface area contributed by atoms with E-state index < -0.39 is 0 Å². The number of ether oxygens (including phenoxy) is 1. The van der Waals surface area contributed by atoms with E-state index in [9.17, 15) is 4.79 Å². The van der Waals surface area contributed by atoms with Crippen molar-refractivity contribution in [3.05, 3.63) is 29.8 Å². The van der Waals surface area contributed by atoms with Crippen LogP contribution in [-0.4, -0.2) is 24.7 Å². The maximum atomic E-state index is 12.5. The third-order valence-corrected chi connectivity index (χ3v) is 5.45. The van der Waals surface area contributed by atoms with E-state index in [1.807, 2.05) is 19.1 Å². The Labute approximate surface area is 132 Å². The van der Waals surface area contributed by atoms with Crippen LogP contribution in [0.5, 0.6) is 0 Å². The number of carbonyl (C=O) groups is 1.